The van der Waals surface area contributed by atoms with Gasteiger partial charge in [0.05, 0.1) is 11.6 Å². The van der Waals surface area contributed by atoms with Crippen LogP contribution in [0.25, 0.3) is 0 Å². The Kier molecular flexibility index (Phi) is 2.44. The molecule has 1 aromatic heterocycles. The predicted octanol–water partition coefficient (Wildman–Crippen LogP) is 0.494. The van der Waals surface area contributed by atoms with E-state index in [-0.39, 0.29) is 6.04 Å². The van der Waals surface area contributed by atoms with Gasteiger partial charge in [-0.3, -0.25) is 0 Å². The highest BCUT2D eigenvalue weighted by atomic mass is 16.5. The lowest BCUT2D eigenvalue weighted by atomic mass is 9.99. The molecule has 0 spiro atoms. The summed E-state index contributed by atoms with van der Waals surface area (Å²) in [4.78, 5) is 3.85. The molecule has 0 amide bonds. The SMILES string of the molecule is COC(C)(C)C(N)c1ncon1. The van der Waals surface area contributed by atoms with Gasteiger partial charge in [-0.2, -0.15) is 4.98 Å². The second-order valence-corrected chi connectivity index (χ2v) is 3.07. The number of hydrogen-bond donors (Lipinski definition) is 1. The van der Waals surface area contributed by atoms with Crippen LogP contribution in [-0.2, 0) is 4.74 Å². The molecule has 1 unspecified atom stereocenters. The van der Waals surface area contributed by atoms with Gasteiger partial charge in [0, 0.05) is 7.11 Å². The molecular formula is C7H13N3O2. The molecule has 1 atom stereocenters. The number of aromatic nitrogens is 2. The third-order valence-electron chi connectivity index (χ3n) is 1.93. The van der Waals surface area contributed by atoms with E-state index in [2.05, 4.69) is 14.7 Å². The summed E-state index contributed by atoms with van der Waals surface area (Å²) in [5.41, 5.74) is 5.34. The molecule has 0 aromatic carbocycles. The van der Waals surface area contributed by atoms with Crippen molar-refractivity contribution >= 4 is 0 Å². The molecule has 0 saturated heterocycles. The number of nitrogens with two attached hydrogens (primary N) is 1. The molecular weight excluding hydrogens is 158 g/mol. The number of nitrogens with zero attached hydrogens (tertiary/aromatic N) is 2. The van der Waals surface area contributed by atoms with Crippen LogP contribution in [0.5, 0.6) is 0 Å². The van der Waals surface area contributed by atoms with Gasteiger partial charge in [-0.25, -0.2) is 0 Å². The second kappa shape index (κ2) is 3.20. The Morgan fingerprint density at radius 2 is 2.33 bits per heavy atom. The van der Waals surface area contributed by atoms with Crippen molar-refractivity contribution in [2.24, 2.45) is 5.73 Å². The normalized spacial score (nSPS) is 14.7. The molecule has 1 rings (SSSR count). The van der Waals surface area contributed by atoms with Gasteiger partial charge in [0.15, 0.2) is 5.82 Å². The molecule has 12 heavy (non-hydrogen) atoms. The van der Waals surface area contributed by atoms with E-state index >= 15 is 0 Å². The van der Waals surface area contributed by atoms with Crippen LogP contribution in [0.15, 0.2) is 10.9 Å². The van der Waals surface area contributed by atoms with Crippen LogP contribution in [0, 0.1) is 0 Å². The first-order valence-electron chi connectivity index (χ1n) is 3.65. The molecule has 1 heterocycles. The van der Waals surface area contributed by atoms with Gasteiger partial charge in [-0.1, -0.05) is 5.16 Å². The highest BCUT2D eigenvalue weighted by molar-refractivity contribution is 4.97. The van der Waals surface area contributed by atoms with Crippen LogP contribution < -0.4 is 5.73 Å². The summed E-state index contributed by atoms with van der Waals surface area (Å²) in [6.07, 6.45) is 1.25. The molecule has 1 aromatic rings. The van der Waals surface area contributed by atoms with E-state index in [4.69, 9.17) is 10.5 Å². The third kappa shape index (κ3) is 1.62. The van der Waals surface area contributed by atoms with Crippen LogP contribution in [-0.4, -0.2) is 22.9 Å². The highest BCUT2D eigenvalue weighted by Gasteiger charge is 2.30. The number of rotatable bonds is 3. The van der Waals surface area contributed by atoms with Gasteiger partial charge in [-0.05, 0) is 13.8 Å². The Morgan fingerprint density at radius 1 is 1.67 bits per heavy atom. The van der Waals surface area contributed by atoms with Gasteiger partial charge < -0.3 is 15.0 Å². The first-order chi connectivity index (χ1) is 5.58. The van der Waals surface area contributed by atoms with Gasteiger partial charge in [0.1, 0.15) is 0 Å². The zero-order valence-corrected chi connectivity index (χ0v) is 7.44. The average Bonchev–Trinajstić information content (AvgIpc) is 2.55. The van der Waals surface area contributed by atoms with Gasteiger partial charge in [0.2, 0.25) is 6.39 Å². The maximum Gasteiger partial charge on any atom is 0.213 e. The molecule has 5 nitrogen and oxygen atoms in total. The predicted molar refractivity (Wildman–Crippen MR) is 42.3 cm³/mol. The first kappa shape index (κ1) is 9.15. The van der Waals surface area contributed by atoms with Crippen molar-refractivity contribution in [1.29, 1.82) is 0 Å². The summed E-state index contributed by atoms with van der Waals surface area (Å²) in [5, 5.41) is 3.64. The van der Waals surface area contributed by atoms with E-state index in [9.17, 15) is 0 Å². The van der Waals surface area contributed by atoms with Crippen LogP contribution in [0.2, 0.25) is 0 Å². The van der Waals surface area contributed by atoms with Crippen molar-refractivity contribution in [2.75, 3.05) is 7.11 Å². The smallest absolute Gasteiger partial charge is 0.213 e. The minimum absolute atomic E-state index is 0.374. The largest absolute Gasteiger partial charge is 0.377 e. The molecule has 0 fully saturated rings. The Balaban J connectivity index is 2.78. The fourth-order valence-electron chi connectivity index (χ4n) is 0.754. The summed E-state index contributed by atoms with van der Waals surface area (Å²) < 4.78 is 9.76. The fourth-order valence-corrected chi connectivity index (χ4v) is 0.754. The van der Waals surface area contributed by atoms with E-state index in [1.54, 1.807) is 7.11 Å². The van der Waals surface area contributed by atoms with Crippen molar-refractivity contribution in [3.05, 3.63) is 12.2 Å². The lowest BCUT2D eigenvalue weighted by molar-refractivity contribution is -0.00274. The van der Waals surface area contributed by atoms with Gasteiger partial charge >= 0.3 is 0 Å². The molecule has 0 aliphatic carbocycles. The van der Waals surface area contributed by atoms with Crippen molar-refractivity contribution in [1.82, 2.24) is 10.1 Å². The van der Waals surface area contributed by atoms with Crippen molar-refractivity contribution in [2.45, 2.75) is 25.5 Å². The van der Waals surface area contributed by atoms with Crippen LogP contribution in [0.1, 0.15) is 25.7 Å². The maximum absolute atomic E-state index is 5.82. The second-order valence-electron chi connectivity index (χ2n) is 3.07. The molecule has 5 heteroatoms. The molecule has 0 aliphatic heterocycles. The minimum Gasteiger partial charge on any atom is -0.377 e. The number of ether oxygens (including phenoxy) is 1. The zero-order chi connectivity index (χ0) is 9.19. The Hall–Kier alpha value is -0.940. The monoisotopic (exact) mass is 171 g/mol. The molecule has 2 N–H and O–H groups in total. The standard InChI is InChI=1S/C7H13N3O2/c1-7(2,11-3)5(8)6-9-4-12-10-6/h4-5H,8H2,1-3H3. The van der Waals surface area contributed by atoms with E-state index in [0.29, 0.717) is 5.82 Å². The minimum atomic E-state index is -0.482. The highest BCUT2D eigenvalue weighted by Crippen LogP contribution is 2.22. The average molecular weight is 171 g/mol. The van der Waals surface area contributed by atoms with Gasteiger partial charge in [0.25, 0.3) is 0 Å². The summed E-state index contributed by atoms with van der Waals surface area (Å²) in [6, 6.07) is -0.374. The van der Waals surface area contributed by atoms with Crippen molar-refractivity contribution in [3.63, 3.8) is 0 Å². The van der Waals surface area contributed by atoms with E-state index in [0.717, 1.165) is 0 Å². The quantitative estimate of drug-likeness (QED) is 0.716. The zero-order valence-electron chi connectivity index (χ0n) is 7.44. The fraction of sp³-hybridized carbons (Fsp3) is 0.714. The summed E-state index contributed by atoms with van der Waals surface area (Å²) in [5.74, 6) is 0.460. The summed E-state index contributed by atoms with van der Waals surface area (Å²) >= 11 is 0. The van der Waals surface area contributed by atoms with Crippen LogP contribution in [0.4, 0.5) is 0 Å². The Labute approximate surface area is 70.9 Å². The lowest BCUT2D eigenvalue weighted by Gasteiger charge is -2.27. The molecule has 0 radical (unpaired) electrons. The van der Waals surface area contributed by atoms with Crippen LogP contribution >= 0.6 is 0 Å². The summed E-state index contributed by atoms with van der Waals surface area (Å²) in [7, 11) is 1.60. The third-order valence-corrected chi connectivity index (χ3v) is 1.93. The van der Waals surface area contributed by atoms with E-state index in [1.165, 1.54) is 6.39 Å². The lowest BCUT2D eigenvalue weighted by Crippen LogP contribution is -2.37. The molecule has 0 saturated carbocycles. The molecule has 68 valence electrons. The Bertz CT molecular complexity index is 233. The van der Waals surface area contributed by atoms with Crippen molar-refractivity contribution < 1.29 is 9.26 Å². The molecule has 0 bridgehead atoms. The van der Waals surface area contributed by atoms with Crippen molar-refractivity contribution in [3.8, 4) is 0 Å². The van der Waals surface area contributed by atoms with E-state index < -0.39 is 5.60 Å². The number of methoxy groups -OCH3 is 1. The van der Waals surface area contributed by atoms with Gasteiger partial charge in [-0.15, -0.1) is 0 Å². The first-order valence-corrected chi connectivity index (χ1v) is 3.65. The Morgan fingerprint density at radius 3 is 2.75 bits per heavy atom. The maximum atomic E-state index is 5.82. The molecule has 0 aliphatic rings. The van der Waals surface area contributed by atoms with Crippen LogP contribution in [0.3, 0.4) is 0 Å². The van der Waals surface area contributed by atoms with E-state index in [1.807, 2.05) is 13.8 Å². The number of hydrogen-bond acceptors (Lipinski definition) is 5. The summed E-state index contributed by atoms with van der Waals surface area (Å²) in [6.45, 7) is 3.74. The topological polar surface area (TPSA) is 74.2 Å².